The van der Waals surface area contributed by atoms with Crippen LogP contribution in [-0.2, 0) is 16.0 Å². The largest absolute Gasteiger partial charge is 0.454 e. The lowest BCUT2D eigenvalue weighted by Crippen LogP contribution is -2.47. The van der Waals surface area contributed by atoms with Crippen molar-refractivity contribution in [1.29, 1.82) is 0 Å². The quantitative estimate of drug-likeness (QED) is 0.666. The summed E-state index contributed by atoms with van der Waals surface area (Å²) < 4.78 is 10.7. The third-order valence-corrected chi connectivity index (χ3v) is 5.62. The molecule has 1 fully saturated rings. The van der Waals surface area contributed by atoms with E-state index in [0.717, 1.165) is 16.0 Å². The number of carbonyl (C=O) groups excluding carboxylic acids is 3. The molecular weight excluding hydrogens is 398 g/mol. The molecule has 0 bridgehead atoms. The SMILES string of the molecule is C[C@H](CNC(=O)CN1C(=O)N[C@@](C)(Cc2ccc3c(c2)OCO3)C1=O)c1ccccc1. The molecule has 2 aliphatic rings. The van der Waals surface area contributed by atoms with E-state index in [9.17, 15) is 14.4 Å². The highest BCUT2D eigenvalue weighted by Crippen LogP contribution is 2.34. The molecule has 0 spiro atoms. The molecule has 0 unspecified atom stereocenters. The van der Waals surface area contributed by atoms with E-state index in [1.54, 1.807) is 19.1 Å². The molecule has 8 heteroatoms. The standard InChI is InChI=1S/C23H25N3O5/c1-15(17-6-4-3-5-7-17)12-24-20(27)13-26-21(28)23(2,25-22(26)29)11-16-8-9-18-19(10-16)31-14-30-18/h3-10,15H,11-14H2,1-2H3,(H,24,27)(H,25,29)/t15-,23+/m1/s1. The Kier molecular flexibility index (Phi) is 5.54. The van der Waals surface area contributed by atoms with Crippen molar-refractivity contribution in [2.75, 3.05) is 19.9 Å². The third-order valence-electron chi connectivity index (χ3n) is 5.62. The number of nitrogens with zero attached hydrogens (tertiary/aromatic N) is 1. The highest BCUT2D eigenvalue weighted by atomic mass is 16.7. The lowest BCUT2D eigenvalue weighted by molar-refractivity contribution is -0.134. The molecule has 31 heavy (non-hydrogen) atoms. The maximum atomic E-state index is 13.0. The summed E-state index contributed by atoms with van der Waals surface area (Å²) in [5.74, 6) is 0.574. The Morgan fingerprint density at radius 3 is 2.68 bits per heavy atom. The van der Waals surface area contributed by atoms with E-state index >= 15 is 0 Å². The Morgan fingerprint density at radius 2 is 1.90 bits per heavy atom. The number of hydrogen-bond donors (Lipinski definition) is 2. The zero-order valence-corrected chi connectivity index (χ0v) is 17.5. The van der Waals surface area contributed by atoms with Crippen LogP contribution in [0.2, 0.25) is 0 Å². The number of hydrogen-bond acceptors (Lipinski definition) is 5. The van der Waals surface area contributed by atoms with Gasteiger partial charge in [-0.15, -0.1) is 0 Å². The molecule has 0 aromatic heterocycles. The second-order valence-corrected chi connectivity index (χ2v) is 8.13. The lowest BCUT2D eigenvalue weighted by Gasteiger charge is -2.22. The Balaban J connectivity index is 1.35. The molecule has 2 aromatic rings. The second-order valence-electron chi connectivity index (χ2n) is 8.13. The van der Waals surface area contributed by atoms with E-state index in [2.05, 4.69) is 10.6 Å². The minimum Gasteiger partial charge on any atom is -0.454 e. The average molecular weight is 423 g/mol. The summed E-state index contributed by atoms with van der Waals surface area (Å²) in [5.41, 5.74) is 0.792. The molecule has 4 rings (SSSR count). The predicted octanol–water partition coefficient (Wildman–Crippen LogP) is 2.19. The molecule has 1 saturated heterocycles. The molecule has 0 saturated carbocycles. The number of nitrogens with one attached hydrogen (secondary N) is 2. The van der Waals surface area contributed by atoms with Crippen molar-refractivity contribution in [2.24, 2.45) is 0 Å². The summed E-state index contributed by atoms with van der Waals surface area (Å²) in [6, 6.07) is 14.7. The maximum absolute atomic E-state index is 13.0. The Bertz CT molecular complexity index is 1010. The zero-order chi connectivity index (χ0) is 22.0. The van der Waals surface area contributed by atoms with Gasteiger partial charge in [-0.05, 0) is 36.1 Å². The third kappa shape index (κ3) is 4.33. The van der Waals surface area contributed by atoms with Crippen LogP contribution in [0.25, 0.3) is 0 Å². The fraction of sp³-hybridized carbons (Fsp3) is 0.348. The van der Waals surface area contributed by atoms with Crippen molar-refractivity contribution in [1.82, 2.24) is 15.5 Å². The first-order chi connectivity index (χ1) is 14.9. The van der Waals surface area contributed by atoms with Gasteiger partial charge in [-0.1, -0.05) is 43.3 Å². The zero-order valence-electron chi connectivity index (χ0n) is 17.5. The maximum Gasteiger partial charge on any atom is 0.325 e. The number of ether oxygens (including phenoxy) is 2. The van der Waals surface area contributed by atoms with Gasteiger partial charge in [0.25, 0.3) is 5.91 Å². The first kappa shape index (κ1) is 20.7. The van der Waals surface area contributed by atoms with Crippen molar-refractivity contribution in [2.45, 2.75) is 31.7 Å². The van der Waals surface area contributed by atoms with E-state index in [4.69, 9.17) is 9.47 Å². The summed E-state index contributed by atoms with van der Waals surface area (Å²) >= 11 is 0. The molecule has 8 nitrogen and oxygen atoms in total. The summed E-state index contributed by atoms with van der Waals surface area (Å²) in [6.07, 6.45) is 0.275. The Labute approximate surface area is 180 Å². The van der Waals surface area contributed by atoms with Crippen LogP contribution in [0.4, 0.5) is 4.79 Å². The average Bonchev–Trinajstić information content (AvgIpc) is 3.30. The number of urea groups is 1. The summed E-state index contributed by atoms with van der Waals surface area (Å²) in [6.45, 7) is 3.93. The van der Waals surface area contributed by atoms with Crippen molar-refractivity contribution in [3.05, 3.63) is 59.7 Å². The number of benzene rings is 2. The van der Waals surface area contributed by atoms with E-state index in [-0.39, 0.29) is 31.6 Å². The second kappa shape index (κ2) is 8.29. The van der Waals surface area contributed by atoms with Gasteiger partial charge in [0.05, 0.1) is 0 Å². The molecule has 162 valence electrons. The van der Waals surface area contributed by atoms with Crippen LogP contribution in [0.1, 0.15) is 30.9 Å². The molecular formula is C23H25N3O5. The molecule has 2 atom stereocenters. The lowest BCUT2D eigenvalue weighted by atomic mass is 9.92. The molecule has 2 heterocycles. The summed E-state index contributed by atoms with van der Waals surface area (Å²) in [5, 5.41) is 5.54. The van der Waals surface area contributed by atoms with Crippen LogP contribution in [-0.4, -0.2) is 48.2 Å². The van der Waals surface area contributed by atoms with Crippen LogP contribution >= 0.6 is 0 Å². The summed E-state index contributed by atoms with van der Waals surface area (Å²) in [7, 11) is 0. The van der Waals surface area contributed by atoms with E-state index in [1.165, 1.54) is 0 Å². The van der Waals surface area contributed by atoms with E-state index in [1.807, 2.05) is 43.3 Å². The minimum absolute atomic E-state index is 0.115. The monoisotopic (exact) mass is 423 g/mol. The number of rotatable bonds is 7. The first-order valence-electron chi connectivity index (χ1n) is 10.2. The molecule has 2 aliphatic heterocycles. The number of carbonyl (C=O) groups is 3. The first-order valence-corrected chi connectivity index (χ1v) is 10.2. The van der Waals surface area contributed by atoms with Gasteiger partial charge in [0.2, 0.25) is 12.7 Å². The van der Waals surface area contributed by atoms with Gasteiger partial charge in [0.15, 0.2) is 11.5 Å². The van der Waals surface area contributed by atoms with Gasteiger partial charge in [-0.3, -0.25) is 14.5 Å². The van der Waals surface area contributed by atoms with Gasteiger partial charge >= 0.3 is 6.03 Å². The minimum atomic E-state index is -1.14. The van der Waals surface area contributed by atoms with Crippen LogP contribution in [0.5, 0.6) is 11.5 Å². The van der Waals surface area contributed by atoms with Crippen molar-refractivity contribution in [3.8, 4) is 11.5 Å². The van der Waals surface area contributed by atoms with Gasteiger partial charge in [-0.2, -0.15) is 0 Å². The topological polar surface area (TPSA) is 97.0 Å². The number of fused-ring (bicyclic) bond motifs is 1. The highest BCUT2D eigenvalue weighted by molar-refractivity contribution is 6.08. The predicted molar refractivity (Wildman–Crippen MR) is 113 cm³/mol. The molecule has 0 radical (unpaired) electrons. The van der Waals surface area contributed by atoms with Gasteiger partial charge in [0.1, 0.15) is 12.1 Å². The van der Waals surface area contributed by atoms with Gasteiger partial charge in [0, 0.05) is 13.0 Å². The summed E-state index contributed by atoms with van der Waals surface area (Å²) in [4.78, 5) is 38.8. The molecule has 2 N–H and O–H groups in total. The van der Waals surface area contributed by atoms with Gasteiger partial charge in [-0.25, -0.2) is 4.79 Å². The van der Waals surface area contributed by atoms with E-state index < -0.39 is 17.5 Å². The van der Waals surface area contributed by atoms with Crippen LogP contribution in [0.15, 0.2) is 48.5 Å². The molecule has 2 aromatic carbocycles. The van der Waals surface area contributed by atoms with Gasteiger partial charge < -0.3 is 20.1 Å². The van der Waals surface area contributed by atoms with Crippen molar-refractivity contribution >= 4 is 17.8 Å². The highest BCUT2D eigenvalue weighted by Gasteiger charge is 2.48. The Hall–Kier alpha value is -3.55. The van der Waals surface area contributed by atoms with Crippen LogP contribution < -0.4 is 20.1 Å². The van der Waals surface area contributed by atoms with Crippen LogP contribution in [0.3, 0.4) is 0 Å². The normalized spacial score (nSPS) is 20.5. The fourth-order valence-corrected chi connectivity index (χ4v) is 3.84. The smallest absolute Gasteiger partial charge is 0.325 e. The number of amides is 4. The molecule has 0 aliphatic carbocycles. The molecule has 4 amide bonds. The van der Waals surface area contributed by atoms with E-state index in [0.29, 0.717) is 18.0 Å². The number of imide groups is 1. The fourth-order valence-electron chi connectivity index (χ4n) is 3.84. The van der Waals surface area contributed by atoms with Crippen molar-refractivity contribution in [3.63, 3.8) is 0 Å². The van der Waals surface area contributed by atoms with Crippen molar-refractivity contribution < 1.29 is 23.9 Å². The Morgan fingerprint density at radius 1 is 1.16 bits per heavy atom. The van der Waals surface area contributed by atoms with Crippen LogP contribution in [0, 0.1) is 0 Å².